The summed E-state index contributed by atoms with van der Waals surface area (Å²) in [6, 6.07) is 0. The van der Waals surface area contributed by atoms with Gasteiger partial charge in [0.1, 0.15) is 4.90 Å². The molecule has 1 aromatic rings. The maximum absolute atomic E-state index is 11.7. The number of hydrogen-bond donors (Lipinski definition) is 2. The molecule has 1 atom stereocenters. The smallest absolute Gasteiger partial charge is 0.243 e. The van der Waals surface area contributed by atoms with Crippen LogP contribution >= 0.6 is 0 Å². The molecule has 0 amide bonds. The van der Waals surface area contributed by atoms with Crippen molar-refractivity contribution >= 4 is 10.0 Å². The van der Waals surface area contributed by atoms with E-state index in [1.165, 1.54) is 12.4 Å². The lowest BCUT2D eigenvalue weighted by Crippen LogP contribution is -2.39. The third-order valence-electron chi connectivity index (χ3n) is 2.17. The summed E-state index contributed by atoms with van der Waals surface area (Å²) in [4.78, 5) is 0.115. The molecule has 0 aromatic carbocycles. The second-order valence-corrected chi connectivity index (χ2v) is 5.12. The van der Waals surface area contributed by atoms with E-state index in [-0.39, 0.29) is 17.5 Å². The van der Waals surface area contributed by atoms with Gasteiger partial charge in [0.2, 0.25) is 10.0 Å². The Morgan fingerprint density at radius 1 is 1.56 bits per heavy atom. The van der Waals surface area contributed by atoms with Crippen LogP contribution in [0.2, 0.25) is 0 Å². The van der Waals surface area contributed by atoms with Gasteiger partial charge in [-0.3, -0.25) is 5.10 Å². The summed E-state index contributed by atoms with van der Waals surface area (Å²) in [5, 5.41) is 6.03. The quantitative estimate of drug-likeness (QED) is 0.719. The van der Waals surface area contributed by atoms with Crippen molar-refractivity contribution in [3.8, 4) is 0 Å². The van der Waals surface area contributed by atoms with Crippen molar-refractivity contribution in [3.05, 3.63) is 12.4 Å². The van der Waals surface area contributed by atoms with Crippen molar-refractivity contribution in [1.29, 1.82) is 0 Å². The molecule has 1 unspecified atom stereocenters. The minimum Gasteiger partial charge on any atom is -0.376 e. The number of ether oxygens (including phenoxy) is 2. The maximum atomic E-state index is 11.7. The molecule has 16 heavy (non-hydrogen) atoms. The topological polar surface area (TPSA) is 93.3 Å². The number of aromatic nitrogens is 2. The standard InChI is InChI=1S/C8H13N3O4S/c12-16(13,8-4-9-10-5-8)11-3-7-6-14-1-2-15-7/h4-5,7,11H,1-3,6H2,(H,9,10). The maximum Gasteiger partial charge on any atom is 0.243 e. The van der Waals surface area contributed by atoms with Crippen LogP contribution in [-0.4, -0.2) is 51.1 Å². The molecular formula is C8H13N3O4S. The Kier molecular flexibility index (Phi) is 3.54. The monoisotopic (exact) mass is 247 g/mol. The SMILES string of the molecule is O=S(=O)(NCC1COCCO1)c1cn[nH]c1. The van der Waals surface area contributed by atoms with Gasteiger partial charge < -0.3 is 9.47 Å². The van der Waals surface area contributed by atoms with Gasteiger partial charge in [0.25, 0.3) is 0 Å². The zero-order valence-corrected chi connectivity index (χ0v) is 9.37. The molecular weight excluding hydrogens is 234 g/mol. The molecule has 2 heterocycles. The van der Waals surface area contributed by atoms with Gasteiger partial charge in [0, 0.05) is 12.7 Å². The van der Waals surface area contributed by atoms with E-state index >= 15 is 0 Å². The molecule has 1 aliphatic heterocycles. The van der Waals surface area contributed by atoms with Crippen LogP contribution in [0.1, 0.15) is 0 Å². The van der Waals surface area contributed by atoms with Crippen LogP contribution in [0.4, 0.5) is 0 Å². The Bertz CT molecular complexity index is 411. The fourth-order valence-corrected chi connectivity index (χ4v) is 2.30. The Morgan fingerprint density at radius 2 is 2.44 bits per heavy atom. The van der Waals surface area contributed by atoms with E-state index in [2.05, 4.69) is 14.9 Å². The minimum absolute atomic E-state index is 0.115. The lowest BCUT2D eigenvalue weighted by Gasteiger charge is -2.22. The first-order valence-corrected chi connectivity index (χ1v) is 6.34. The first-order valence-electron chi connectivity index (χ1n) is 4.86. The fraction of sp³-hybridized carbons (Fsp3) is 0.625. The van der Waals surface area contributed by atoms with E-state index in [1.54, 1.807) is 0 Å². The van der Waals surface area contributed by atoms with Crippen LogP contribution in [0.15, 0.2) is 17.3 Å². The zero-order valence-electron chi connectivity index (χ0n) is 8.55. The van der Waals surface area contributed by atoms with Crippen LogP contribution in [0, 0.1) is 0 Å². The molecule has 1 saturated heterocycles. The molecule has 0 spiro atoms. The second-order valence-electron chi connectivity index (χ2n) is 3.35. The van der Waals surface area contributed by atoms with E-state index < -0.39 is 10.0 Å². The molecule has 2 N–H and O–H groups in total. The molecule has 0 radical (unpaired) electrons. The number of rotatable bonds is 4. The van der Waals surface area contributed by atoms with Gasteiger partial charge in [-0.15, -0.1) is 0 Å². The van der Waals surface area contributed by atoms with Gasteiger partial charge in [-0.25, -0.2) is 13.1 Å². The molecule has 0 bridgehead atoms. The van der Waals surface area contributed by atoms with E-state index in [9.17, 15) is 8.42 Å². The van der Waals surface area contributed by atoms with Crippen LogP contribution in [-0.2, 0) is 19.5 Å². The summed E-state index contributed by atoms with van der Waals surface area (Å²) in [6.45, 7) is 1.67. The zero-order chi connectivity index (χ0) is 11.4. The third kappa shape index (κ3) is 2.79. The predicted molar refractivity (Wildman–Crippen MR) is 54.3 cm³/mol. The normalized spacial score (nSPS) is 22.1. The average molecular weight is 247 g/mol. The highest BCUT2D eigenvalue weighted by atomic mass is 32.2. The van der Waals surface area contributed by atoms with Crippen molar-refractivity contribution in [1.82, 2.24) is 14.9 Å². The molecule has 8 heteroatoms. The summed E-state index contributed by atoms with van der Waals surface area (Å²) in [7, 11) is -3.50. The number of sulfonamides is 1. The fourth-order valence-electron chi connectivity index (χ4n) is 1.33. The Morgan fingerprint density at radius 3 is 3.06 bits per heavy atom. The average Bonchev–Trinajstić information content (AvgIpc) is 2.82. The number of aromatic amines is 1. The van der Waals surface area contributed by atoms with Crippen molar-refractivity contribution in [2.75, 3.05) is 26.4 Å². The second kappa shape index (κ2) is 4.91. The van der Waals surface area contributed by atoms with Gasteiger partial charge in [0.05, 0.1) is 32.1 Å². The van der Waals surface area contributed by atoms with E-state index in [4.69, 9.17) is 9.47 Å². The van der Waals surface area contributed by atoms with Gasteiger partial charge >= 0.3 is 0 Å². The van der Waals surface area contributed by atoms with Crippen molar-refractivity contribution in [3.63, 3.8) is 0 Å². The van der Waals surface area contributed by atoms with Crippen LogP contribution in [0.3, 0.4) is 0 Å². The first kappa shape index (κ1) is 11.5. The lowest BCUT2D eigenvalue weighted by atomic mass is 10.3. The van der Waals surface area contributed by atoms with Gasteiger partial charge in [-0.05, 0) is 0 Å². The summed E-state index contributed by atoms with van der Waals surface area (Å²) in [5.74, 6) is 0. The molecule has 0 saturated carbocycles. The number of hydrogen-bond acceptors (Lipinski definition) is 5. The van der Waals surface area contributed by atoms with E-state index in [1.807, 2.05) is 0 Å². The predicted octanol–water partition coefficient (Wildman–Crippen LogP) is -0.897. The first-order chi connectivity index (χ1) is 7.68. The summed E-state index contributed by atoms with van der Waals surface area (Å²) in [5.41, 5.74) is 0. The Balaban J connectivity index is 1.89. The minimum atomic E-state index is -3.50. The van der Waals surface area contributed by atoms with E-state index in [0.29, 0.717) is 19.8 Å². The highest BCUT2D eigenvalue weighted by molar-refractivity contribution is 7.89. The molecule has 1 aromatic heterocycles. The number of nitrogens with one attached hydrogen (secondary N) is 2. The Labute approximate surface area is 93.2 Å². The van der Waals surface area contributed by atoms with Crippen molar-refractivity contribution < 1.29 is 17.9 Å². The number of nitrogens with zero attached hydrogens (tertiary/aromatic N) is 1. The van der Waals surface area contributed by atoms with Crippen molar-refractivity contribution in [2.24, 2.45) is 0 Å². The van der Waals surface area contributed by atoms with Crippen LogP contribution in [0.5, 0.6) is 0 Å². The van der Waals surface area contributed by atoms with Crippen LogP contribution in [0.25, 0.3) is 0 Å². The number of H-pyrrole nitrogens is 1. The van der Waals surface area contributed by atoms with Gasteiger partial charge in [0.15, 0.2) is 0 Å². The lowest BCUT2D eigenvalue weighted by molar-refractivity contribution is -0.0846. The highest BCUT2D eigenvalue weighted by Gasteiger charge is 2.19. The third-order valence-corrected chi connectivity index (χ3v) is 3.56. The molecule has 1 aliphatic rings. The molecule has 2 rings (SSSR count). The summed E-state index contributed by atoms with van der Waals surface area (Å²) in [6.07, 6.45) is 2.34. The Hall–Kier alpha value is -0.960. The van der Waals surface area contributed by atoms with Gasteiger partial charge in [-0.2, -0.15) is 5.10 Å². The van der Waals surface area contributed by atoms with Gasteiger partial charge in [-0.1, -0.05) is 0 Å². The van der Waals surface area contributed by atoms with Crippen molar-refractivity contribution in [2.45, 2.75) is 11.0 Å². The molecule has 90 valence electrons. The largest absolute Gasteiger partial charge is 0.376 e. The summed E-state index contributed by atoms with van der Waals surface area (Å²) >= 11 is 0. The molecule has 1 fully saturated rings. The van der Waals surface area contributed by atoms with E-state index in [0.717, 1.165) is 0 Å². The summed E-state index contributed by atoms with van der Waals surface area (Å²) < 4.78 is 36.3. The molecule has 0 aliphatic carbocycles. The molecule has 7 nitrogen and oxygen atoms in total. The van der Waals surface area contributed by atoms with Crippen LogP contribution < -0.4 is 4.72 Å². The highest BCUT2D eigenvalue weighted by Crippen LogP contribution is 2.05.